The van der Waals surface area contributed by atoms with Crippen molar-refractivity contribution in [1.82, 2.24) is 9.88 Å². The molecule has 1 N–H and O–H groups in total. The van der Waals surface area contributed by atoms with Gasteiger partial charge in [0.2, 0.25) is 0 Å². The number of rotatable bonds is 6. The van der Waals surface area contributed by atoms with E-state index in [1.54, 1.807) is 12.2 Å². The molecule has 0 saturated heterocycles. The zero-order valence-corrected chi connectivity index (χ0v) is 8.69. The van der Waals surface area contributed by atoms with Gasteiger partial charge in [-0.3, -0.25) is 4.90 Å². The lowest BCUT2D eigenvalue weighted by Gasteiger charge is -2.23. The number of hydrogen-bond acceptors (Lipinski definition) is 2. The van der Waals surface area contributed by atoms with Crippen LogP contribution in [0.5, 0.6) is 0 Å². The van der Waals surface area contributed by atoms with E-state index in [9.17, 15) is 0 Å². The van der Waals surface area contributed by atoms with Crippen molar-refractivity contribution >= 4 is 0 Å². The van der Waals surface area contributed by atoms with E-state index in [4.69, 9.17) is 5.26 Å². The van der Waals surface area contributed by atoms with Gasteiger partial charge in [-0.25, -0.2) is 0 Å². The Balaban J connectivity index is 2.83. The third-order valence-electron chi connectivity index (χ3n) is 2.13. The van der Waals surface area contributed by atoms with E-state index in [2.05, 4.69) is 24.2 Å². The highest BCUT2D eigenvalue weighted by molar-refractivity contribution is 5.17. The van der Waals surface area contributed by atoms with Crippen molar-refractivity contribution < 1.29 is 0 Å². The first-order chi connectivity index (χ1) is 7.33. The number of nitriles is 1. The van der Waals surface area contributed by atoms with Gasteiger partial charge < -0.3 is 4.98 Å². The summed E-state index contributed by atoms with van der Waals surface area (Å²) in [6.07, 6.45) is 5.40. The van der Waals surface area contributed by atoms with Gasteiger partial charge in [0.15, 0.2) is 0 Å². The highest BCUT2D eigenvalue weighted by Crippen LogP contribution is 2.17. The molecule has 1 unspecified atom stereocenters. The zero-order valence-electron chi connectivity index (χ0n) is 8.69. The molecule has 0 aromatic carbocycles. The lowest BCUT2D eigenvalue weighted by Crippen LogP contribution is -2.28. The van der Waals surface area contributed by atoms with Gasteiger partial charge in [0.25, 0.3) is 0 Å². The molecule has 1 aromatic rings. The number of hydrogen-bond donors (Lipinski definition) is 1. The predicted molar refractivity (Wildman–Crippen MR) is 61.1 cm³/mol. The summed E-state index contributed by atoms with van der Waals surface area (Å²) in [4.78, 5) is 5.04. The fourth-order valence-electron chi connectivity index (χ4n) is 1.48. The van der Waals surface area contributed by atoms with E-state index < -0.39 is 0 Å². The molecule has 0 saturated carbocycles. The average Bonchev–Trinajstić information content (AvgIpc) is 2.73. The molecule has 0 aliphatic carbocycles. The first kappa shape index (κ1) is 11.3. The second-order valence-corrected chi connectivity index (χ2v) is 3.19. The fraction of sp³-hybridized carbons (Fsp3) is 0.250. The lowest BCUT2D eigenvalue weighted by atomic mass is 10.2. The molecule has 3 nitrogen and oxygen atoms in total. The Morgan fingerprint density at radius 3 is 2.53 bits per heavy atom. The van der Waals surface area contributed by atoms with Crippen molar-refractivity contribution in [2.75, 3.05) is 13.1 Å². The summed E-state index contributed by atoms with van der Waals surface area (Å²) >= 11 is 0. The molecule has 0 radical (unpaired) electrons. The highest BCUT2D eigenvalue weighted by atomic mass is 15.2. The molecule has 1 atom stereocenters. The highest BCUT2D eigenvalue weighted by Gasteiger charge is 2.18. The van der Waals surface area contributed by atoms with Gasteiger partial charge in [-0.1, -0.05) is 12.2 Å². The quantitative estimate of drug-likeness (QED) is 0.717. The predicted octanol–water partition coefficient (Wildman–Crippen LogP) is 2.25. The van der Waals surface area contributed by atoms with Crippen molar-refractivity contribution in [2.45, 2.75) is 6.04 Å². The summed E-state index contributed by atoms with van der Waals surface area (Å²) in [5, 5.41) is 9.14. The van der Waals surface area contributed by atoms with E-state index in [-0.39, 0.29) is 6.04 Å². The van der Waals surface area contributed by atoms with Crippen LogP contribution in [0.3, 0.4) is 0 Å². The van der Waals surface area contributed by atoms with Crippen molar-refractivity contribution in [3.05, 3.63) is 49.3 Å². The molecular formula is C12H15N3. The molecule has 1 aromatic heterocycles. The maximum atomic E-state index is 9.14. The molecule has 0 aliphatic rings. The molecule has 0 amide bonds. The minimum Gasteiger partial charge on any atom is -0.363 e. The number of H-pyrrole nitrogens is 1. The van der Waals surface area contributed by atoms with Gasteiger partial charge >= 0.3 is 0 Å². The Kier molecular flexibility index (Phi) is 4.39. The van der Waals surface area contributed by atoms with Crippen LogP contribution in [0, 0.1) is 11.3 Å². The largest absolute Gasteiger partial charge is 0.363 e. The maximum Gasteiger partial charge on any atom is 0.139 e. The van der Waals surface area contributed by atoms with Crippen molar-refractivity contribution in [3.63, 3.8) is 0 Å². The molecule has 0 spiro atoms. The summed E-state index contributed by atoms with van der Waals surface area (Å²) in [7, 11) is 0. The van der Waals surface area contributed by atoms with Gasteiger partial charge in [0.05, 0.1) is 6.07 Å². The Morgan fingerprint density at radius 1 is 1.47 bits per heavy atom. The van der Waals surface area contributed by atoms with Crippen LogP contribution in [0.4, 0.5) is 0 Å². The van der Waals surface area contributed by atoms with Crippen molar-refractivity contribution in [3.8, 4) is 6.07 Å². The minimum atomic E-state index is -0.268. The maximum absolute atomic E-state index is 9.14. The number of aromatic nitrogens is 1. The van der Waals surface area contributed by atoms with Gasteiger partial charge in [0, 0.05) is 25.0 Å². The van der Waals surface area contributed by atoms with Crippen LogP contribution in [0.25, 0.3) is 0 Å². The van der Waals surface area contributed by atoms with E-state index >= 15 is 0 Å². The van der Waals surface area contributed by atoms with Crippen LogP contribution in [0.2, 0.25) is 0 Å². The second-order valence-electron chi connectivity index (χ2n) is 3.19. The summed E-state index contributed by atoms with van der Waals surface area (Å²) in [5.41, 5.74) is 0.904. The van der Waals surface area contributed by atoms with Crippen LogP contribution in [0.15, 0.2) is 43.6 Å². The molecule has 15 heavy (non-hydrogen) atoms. The van der Waals surface area contributed by atoms with E-state index in [1.807, 2.05) is 23.2 Å². The zero-order chi connectivity index (χ0) is 11.1. The van der Waals surface area contributed by atoms with Crippen LogP contribution < -0.4 is 0 Å². The molecule has 1 rings (SSSR count). The van der Waals surface area contributed by atoms with Gasteiger partial charge in [-0.05, 0) is 12.1 Å². The smallest absolute Gasteiger partial charge is 0.139 e. The van der Waals surface area contributed by atoms with Crippen molar-refractivity contribution in [1.29, 1.82) is 5.26 Å². The molecular weight excluding hydrogens is 186 g/mol. The Bertz CT molecular complexity index is 335. The normalized spacial score (nSPS) is 12.0. The van der Waals surface area contributed by atoms with Gasteiger partial charge in [-0.2, -0.15) is 5.26 Å². The first-order valence-corrected chi connectivity index (χ1v) is 4.82. The standard InChI is InChI=1S/C12H15N3/c1-3-8-15(9-4-2)12(10-13)11-6-5-7-14-11/h3-7,12,14H,1-2,8-9H2. The molecule has 0 aliphatic heterocycles. The van der Waals surface area contributed by atoms with Crippen LogP contribution in [0.1, 0.15) is 11.7 Å². The van der Waals surface area contributed by atoms with Crippen LogP contribution >= 0.6 is 0 Å². The van der Waals surface area contributed by atoms with E-state index in [1.165, 1.54) is 0 Å². The SMILES string of the molecule is C=CCN(CC=C)C(C#N)c1ccc[nH]1. The first-order valence-electron chi connectivity index (χ1n) is 4.82. The molecule has 1 heterocycles. The Morgan fingerprint density at radius 2 is 2.13 bits per heavy atom. The molecule has 3 heteroatoms. The van der Waals surface area contributed by atoms with Gasteiger partial charge in [0.1, 0.15) is 6.04 Å². The molecule has 0 fully saturated rings. The van der Waals surface area contributed by atoms with Gasteiger partial charge in [-0.15, -0.1) is 13.2 Å². The monoisotopic (exact) mass is 201 g/mol. The second kappa shape index (κ2) is 5.84. The molecule has 78 valence electrons. The number of nitrogens with one attached hydrogen (secondary N) is 1. The topological polar surface area (TPSA) is 42.8 Å². The fourth-order valence-corrected chi connectivity index (χ4v) is 1.48. The van der Waals surface area contributed by atoms with E-state index in [0.29, 0.717) is 13.1 Å². The summed E-state index contributed by atoms with van der Waals surface area (Å²) in [6.45, 7) is 8.71. The summed E-state index contributed by atoms with van der Waals surface area (Å²) < 4.78 is 0. The van der Waals surface area contributed by atoms with Crippen LogP contribution in [-0.4, -0.2) is 23.0 Å². The number of aromatic amines is 1. The lowest BCUT2D eigenvalue weighted by molar-refractivity contribution is 0.287. The minimum absolute atomic E-state index is 0.268. The summed E-state index contributed by atoms with van der Waals surface area (Å²) in [5.74, 6) is 0. The Labute approximate surface area is 90.3 Å². The third-order valence-corrected chi connectivity index (χ3v) is 2.13. The van der Waals surface area contributed by atoms with Crippen LogP contribution in [-0.2, 0) is 0 Å². The van der Waals surface area contributed by atoms with Crippen molar-refractivity contribution in [2.24, 2.45) is 0 Å². The average molecular weight is 201 g/mol. The van der Waals surface area contributed by atoms with E-state index in [0.717, 1.165) is 5.69 Å². The molecule has 0 bridgehead atoms. The third kappa shape index (κ3) is 2.83. The number of nitrogens with zero attached hydrogens (tertiary/aromatic N) is 2. The summed E-state index contributed by atoms with van der Waals surface area (Å²) in [6, 6.07) is 5.80. The Hall–Kier alpha value is -1.79.